The maximum Gasteiger partial charge on any atom is 0.0757 e. The first-order chi connectivity index (χ1) is 8.84. The van der Waals surface area contributed by atoms with Gasteiger partial charge in [0.2, 0.25) is 0 Å². The van der Waals surface area contributed by atoms with Crippen LogP contribution in [0.3, 0.4) is 0 Å². The number of hydrogen-bond donors (Lipinski definition) is 1. The molecule has 2 unspecified atom stereocenters. The summed E-state index contributed by atoms with van der Waals surface area (Å²) in [5.41, 5.74) is 5.71. The highest BCUT2D eigenvalue weighted by Gasteiger charge is 2.30. The fourth-order valence-electron chi connectivity index (χ4n) is 3.36. The predicted octanol–water partition coefficient (Wildman–Crippen LogP) is 2.89. The van der Waals surface area contributed by atoms with Crippen molar-refractivity contribution < 1.29 is 4.74 Å². The molecule has 3 heteroatoms. The van der Waals surface area contributed by atoms with Crippen molar-refractivity contribution in [3.8, 4) is 0 Å². The SMILES string of the molecule is CC1CN(CCCC(CCN)C(C)C)CC(C)(C)O1. The molecule has 0 aromatic rings. The molecule has 0 radical (unpaired) electrons. The van der Waals surface area contributed by atoms with Gasteiger partial charge < -0.3 is 10.5 Å². The van der Waals surface area contributed by atoms with Crippen molar-refractivity contribution in [2.24, 2.45) is 17.6 Å². The monoisotopic (exact) mass is 270 g/mol. The smallest absolute Gasteiger partial charge is 0.0757 e. The zero-order valence-electron chi connectivity index (χ0n) is 13.6. The van der Waals surface area contributed by atoms with E-state index in [-0.39, 0.29) is 5.60 Å². The summed E-state index contributed by atoms with van der Waals surface area (Å²) in [6, 6.07) is 0. The lowest BCUT2D eigenvalue weighted by Crippen LogP contribution is -2.52. The first kappa shape index (κ1) is 16.9. The Bertz CT molecular complexity index is 253. The minimum Gasteiger partial charge on any atom is -0.370 e. The summed E-state index contributed by atoms with van der Waals surface area (Å²) in [6.45, 7) is 15.4. The second kappa shape index (κ2) is 7.61. The van der Waals surface area contributed by atoms with Gasteiger partial charge in [-0.25, -0.2) is 0 Å². The third kappa shape index (κ3) is 6.24. The van der Waals surface area contributed by atoms with E-state index in [0.29, 0.717) is 6.10 Å². The minimum atomic E-state index is 0.00632. The molecule has 1 saturated heterocycles. The van der Waals surface area contributed by atoms with Crippen LogP contribution in [-0.4, -0.2) is 42.8 Å². The van der Waals surface area contributed by atoms with Gasteiger partial charge in [-0.05, 0) is 65.0 Å². The molecular weight excluding hydrogens is 236 g/mol. The van der Waals surface area contributed by atoms with Gasteiger partial charge in [0.15, 0.2) is 0 Å². The van der Waals surface area contributed by atoms with Crippen molar-refractivity contribution in [3.05, 3.63) is 0 Å². The van der Waals surface area contributed by atoms with E-state index >= 15 is 0 Å². The topological polar surface area (TPSA) is 38.5 Å². The van der Waals surface area contributed by atoms with E-state index in [0.717, 1.165) is 31.5 Å². The zero-order chi connectivity index (χ0) is 14.5. The molecular formula is C16H34N2O. The van der Waals surface area contributed by atoms with E-state index in [1.807, 2.05) is 0 Å². The molecule has 0 amide bonds. The lowest BCUT2D eigenvalue weighted by molar-refractivity contribution is -0.128. The van der Waals surface area contributed by atoms with Crippen LogP contribution in [0.15, 0.2) is 0 Å². The third-order valence-electron chi connectivity index (χ3n) is 4.17. The first-order valence-corrected chi connectivity index (χ1v) is 7.94. The number of nitrogens with zero attached hydrogens (tertiary/aromatic N) is 1. The Hall–Kier alpha value is -0.120. The maximum atomic E-state index is 5.95. The number of hydrogen-bond acceptors (Lipinski definition) is 3. The molecule has 19 heavy (non-hydrogen) atoms. The molecule has 2 N–H and O–H groups in total. The first-order valence-electron chi connectivity index (χ1n) is 7.94. The molecule has 3 nitrogen and oxygen atoms in total. The molecule has 1 aliphatic rings. The number of morpholine rings is 1. The quantitative estimate of drug-likeness (QED) is 0.773. The average molecular weight is 270 g/mol. The third-order valence-corrected chi connectivity index (χ3v) is 4.17. The molecule has 1 rings (SSSR count). The highest BCUT2D eigenvalue weighted by molar-refractivity contribution is 4.82. The summed E-state index contributed by atoms with van der Waals surface area (Å²) >= 11 is 0. The number of rotatable bonds is 7. The maximum absolute atomic E-state index is 5.95. The van der Waals surface area contributed by atoms with Crippen LogP contribution in [0.25, 0.3) is 0 Å². The average Bonchev–Trinajstić information content (AvgIpc) is 2.24. The van der Waals surface area contributed by atoms with Gasteiger partial charge in [0, 0.05) is 13.1 Å². The van der Waals surface area contributed by atoms with E-state index in [1.54, 1.807) is 0 Å². The van der Waals surface area contributed by atoms with Gasteiger partial charge in [-0.3, -0.25) is 4.90 Å². The van der Waals surface area contributed by atoms with Crippen molar-refractivity contribution in [1.29, 1.82) is 0 Å². The number of nitrogens with two attached hydrogens (primary N) is 1. The summed E-state index contributed by atoms with van der Waals surface area (Å²) in [5, 5.41) is 0. The lowest BCUT2D eigenvalue weighted by atomic mass is 9.88. The Labute approximate surface area is 119 Å². The summed E-state index contributed by atoms with van der Waals surface area (Å²) < 4.78 is 5.95. The highest BCUT2D eigenvalue weighted by Crippen LogP contribution is 2.23. The van der Waals surface area contributed by atoms with E-state index in [2.05, 4.69) is 39.5 Å². The summed E-state index contributed by atoms with van der Waals surface area (Å²) in [5.74, 6) is 1.54. The van der Waals surface area contributed by atoms with Crippen LogP contribution in [-0.2, 0) is 4.74 Å². The molecule has 1 fully saturated rings. The zero-order valence-corrected chi connectivity index (χ0v) is 13.6. The van der Waals surface area contributed by atoms with E-state index in [9.17, 15) is 0 Å². The second-order valence-electron chi connectivity index (χ2n) is 7.15. The molecule has 2 atom stereocenters. The predicted molar refractivity (Wildman–Crippen MR) is 82.3 cm³/mol. The van der Waals surface area contributed by atoms with Gasteiger partial charge in [-0.2, -0.15) is 0 Å². The standard InChI is InChI=1S/C16H34N2O/c1-13(2)15(8-9-17)7-6-10-18-11-14(3)19-16(4,5)12-18/h13-15H,6-12,17H2,1-5H3. The molecule has 114 valence electrons. The Balaban J connectivity index is 2.31. The molecule has 0 aromatic heterocycles. The minimum absolute atomic E-state index is 0.00632. The van der Waals surface area contributed by atoms with Crippen LogP contribution < -0.4 is 5.73 Å². The fourth-order valence-corrected chi connectivity index (χ4v) is 3.36. The fraction of sp³-hybridized carbons (Fsp3) is 1.00. The van der Waals surface area contributed by atoms with E-state index in [1.165, 1.54) is 25.8 Å². The molecule has 0 bridgehead atoms. The Morgan fingerprint density at radius 3 is 2.53 bits per heavy atom. The van der Waals surface area contributed by atoms with Gasteiger partial charge >= 0.3 is 0 Å². The molecule has 0 spiro atoms. The van der Waals surface area contributed by atoms with E-state index in [4.69, 9.17) is 10.5 Å². The second-order valence-corrected chi connectivity index (χ2v) is 7.15. The van der Waals surface area contributed by atoms with Crippen molar-refractivity contribution in [2.75, 3.05) is 26.2 Å². The van der Waals surface area contributed by atoms with Crippen molar-refractivity contribution >= 4 is 0 Å². The van der Waals surface area contributed by atoms with Crippen LogP contribution in [0, 0.1) is 11.8 Å². The summed E-state index contributed by atoms with van der Waals surface area (Å²) in [7, 11) is 0. The molecule has 1 aliphatic heterocycles. The lowest BCUT2D eigenvalue weighted by Gasteiger charge is -2.42. The number of ether oxygens (including phenoxy) is 1. The van der Waals surface area contributed by atoms with Gasteiger partial charge in [0.25, 0.3) is 0 Å². The molecule has 0 saturated carbocycles. The van der Waals surface area contributed by atoms with Crippen LogP contribution in [0.2, 0.25) is 0 Å². The normalized spacial score (nSPS) is 25.7. The van der Waals surface area contributed by atoms with Gasteiger partial charge in [-0.15, -0.1) is 0 Å². The Kier molecular flexibility index (Phi) is 6.78. The summed E-state index contributed by atoms with van der Waals surface area (Å²) in [6.07, 6.45) is 4.11. The molecule has 0 aromatic carbocycles. The van der Waals surface area contributed by atoms with Crippen LogP contribution >= 0.6 is 0 Å². The largest absolute Gasteiger partial charge is 0.370 e. The van der Waals surface area contributed by atoms with Crippen molar-refractivity contribution in [3.63, 3.8) is 0 Å². The van der Waals surface area contributed by atoms with Gasteiger partial charge in [0.05, 0.1) is 11.7 Å². The van der Waals surface area contributed by atoms with Crippen LogP contribution in [0.1, 0.15) is 53.9 Å². The van der Waals surface area contributed by atoms with Crippen LogP contribution in [0.5, 0.6) is 0 Å². The van der Waals surface area contributed by atoms with Crippen molar-refractivity contribution in [1.82, 2.24) is 4.90 Å². The highest BCUT2D eigenvalue weighted by atomic mass is 16.5. The Morgan fingerprint density at radius 1 is 1.32 bits per heavy atom. The summed E-state index contributed by atoms with van der Waals surface area (Å²) in [4.78, 5) is 2.56. The molecule has 1 heterocycles. The van der Waals surface area contributed by atoms with E-state index < -0.39 is 0 Å². The molecule has 0 aliphatic carbocycles. The Morgan fingerprint density at radius 2 is 2.00 bits per heavy atom. The van der Waals surface area contributed by atoms with Gasteiger partial charge in [0.1, 0.15) is 0 Å². The van der Waals surface area contributed by atoms with Crippen molar-refractivity contribution in [2.45, 2.75) is 65.6 Å². The van der Waals surface area contributed by atoms with Crippen LogP contribution in [0.4, 0.5) is 0 Å². The van der Waals surface area contributed by atoms with Gasteiger partial charge in [-0.1, -0.05) is 13.8 Å².